The highest BCUT2D eigenvalue weighted by molar-refractivity contribution is 5.80. The van der Waals surface area contributed by atoms with Crippen LogP contribution in [-0.4, -0.2) is 23.7 Å². The number of aliphatic hydroxyl groups excluding tert-OH is 1. The highest BCUT2D eigenvalue weighted by atomic mass is 19.1. The first-order valence-electron chi connectivity index (χ1n) is 7.75. The molecule has 0 saturated heterocycles. The number of benzene rings is 2. The minimum absolute atomic E-state index is 0.233. The summed E-state index contributed by atoms with van der Waals surface area (Å²) in [6, 6.07) is 16.0. The second-order valence-electron chi connectivity index (χ2n) is 5.52. The third-order valence-electron chi connectivity index (χ3n) is 3.87. The molecule has 1 unspecified atom stereocenters. The molecule has 0 radical (unpaired) electrons. The Morgan fingerprint density at radius 1 is 1.17 bits per heavy atom. The van der Waals surface area contributed by atoms with Gasteiger partial charge in [-0.2, -0.15) is 0 Å². The van der Waals surface area contributed by atoms with Crippen molar-refractivity contribution in [3.05, 3.63) is 71.5 Å². The van der Waals surface area contributed by atoms with Crippen LogP contribution in [0.2, 0.25) is 0 Å². The summed E-state index contributed by atoms with van der Waals surface area (Å²) in [5.41, 5.74) is 2.04. The van der Waals surface area contributed by atoms with Crippen molar-refractivity contribution in [3.8, 4) is 5.88 Å². The highest BCUT2D eigenvalue weighted by Crippen LogP contribution is 2.22. The van der Waals surface area contributed by atoms with Crippen molar-refractivity contribution in [2.45, 2.75) is 12.6 Å². The number of hydrogen-bond acceptors (Lipinski definition) is 4. The van der Waals surface area contributed by atoms with Crippen molar-refractivity contribution in [1.82, 2.24) is 10.3 Å². The van der Waals surface area contributed by atoms with Crippen LogP contribution in [0, 0.1) is 5.82 Å². The number of ether oxygens (including phenoxy) is 1. The van der Waals surface area contributed by atoms with E-state index >= 15 is 0 Å². The van der Waals surface area contributed by atoms with Gasteiger partial charge in [0.25, 0.3) is 0 Å². The number of aliphatic hydroxyl groups is 1. The van der Waals surface area contributed by atoms with E-state index < -0.39 is 11.9 Å². The summed E-state index contributed by atoms with van der Waals surface area (Å²) >= 11 is 0. The Labute approximate surface area is 139 Å². The lowest BCUT2D eigenvalue weighted by Crippen LogP contribution is -2.22. The van der Waals surface area contributed by atoms with Gasteiger partial charge in [0.05, 0.1) is 18.7 Å². The second-order valence-corrected chi connectivity index (χ2v) is 5.52. The van der Waals surface area contributed by atoms with Gasteiger partial charge in [0.15, 0.2) is 0 Å². The standard InChI is InChI=1S/C19H19FN2O2/c1-24-19-14(10-13-6-2-5-9-17(13)22-19)11-21-12-18(23)15-7-3-4-8-16(15)20/h2-10,18,21,23H,11-12H2,1H3. The number of methoxy groups -OCH3 is 1. The Bertz CT molecular complexity index is 838. The molecule has 24 heavy (non-hydrogen) atoms. The van der Waals surface area contributed by atoms with Crippen molar-refractivity contribution in [1.29, 1.82) is 0 Å². The van der Waals surface area contributed by atoms with Gasteiger partial charge in [-0.05, 0) is 18.2 Å². The molecule has 4 nitrogen and oxygen atoms in total. The quantitative estimate of drug-likeness (QED) is 0.730. The van der Waals surface area contributed by atoms with E-state index in [2.05, 4.69) is 10.3 Å². The van der Waals surface area contributed by atoms with E-state index in [1.807, 2.05) is 30.3 Å². The fraction of sp³-hybridized carbons (Fsp3) is 0.211. The maximum atomic E-state index is 13.7. The van der Waals surface area contributed by atoms with Crippen LogP contribution >= 0.6 is 0 Å². The van der Waals surface area contributed by atoms with E-state index in [1.165, 1.54) is 6.07 Å². The molecule has 124 valence electrons. The monoisotopic (exact) mass is 326 g/mol. The van der Waals surface area contributed by atoms with Gasteiger partial charge in [-0.15, -0.1) is 0 Å². The van der Waals surface area contributed by atoms with Gasteiger partial charge in [-0.3, -0.25) is 0 Å². The SMILES string of the molecule is COc1nc2ccccc2cc1CNCC(O)c1ccccc1F. The van der Waals surface area contributed by atoms with Crippen molar-refractivity contribution < 1.29 is 14.2 Å². The fourth-order valence-electron chi connectivity index (χ4n) is 2.64. The second kappa shape index (κ2) is 7.38. The Balaban J connectivity index is 1.70. The van der Waals surface area contributed by atoms with Crippen LogP contribution < -0.4 is 10.1 Å². The van der Waals surface area contributed by atoms with Crippen molar-refractivity contribution in [2.24, 2.45) is 0 Å². The van der Waals surface area contributed by atoms with E-state index in [1.54, 1.807) is 25.3 Å². The van der Waals surface area contributed by atoms with Gasteiger partial charge in [0.1, 0.15) is 5.82 Å². The number of rotatable bonds is 6. The predicted molar refractivity (Wildman–Crippen MR) is 91.4 cm³/mol. The van der Waals surface area contributed by atoms with E-state index in [0.717, 1.165) is 16.5 Å². The number of nitrogens with zero attached hydrogens (tertiary/aromatic N) is 1. The molecule has 3 aromatic rings. The number of fused-ring (bicyclic) bond motifs is 1. The van der Waals surface area contributed by atoms with Gasteiger partial charge < -0.3 is 15.2 Å². The van der Waals surface area contributed by atoms with E-state index in [9.17, 15) is 9.50 Å². The molecule has 0 saturated carbocycles. The zero-order chi connectivity index (χ0) is 16.9. The zero-order valence-corrected chi connectivity index (χ0v) is 13.4. The number of halogens is 1. The van der Waals surface area contributed by atoms with Gasteiger partial charge in [-0.1, -0.05) is 36.4 Å². The maximum Gasteiger partial charge on any atom is 0.218 e. The van der Waals surface area contributed by atoms with Gasteiger partial charge in [-0.25, -0.2) is 9.37 Å². The van der Waals surface area contributed by atoms with E-state index in [4.69, 9.17) is 4.74 Å². The summed E-state index contributed by atoms with van der Waals surface area (Å²) in [6.45, 7) is 0.698. The minimum atomic E-state index is -0.911. The lowest BCUT2D eigenvalue weighted by atomic mass is 10.1. The summed E-state index contributed by atoms with van der Waals surface area (Å²) < 4.78 is 19.0. The molecule has 3 rings (SSSR count). The molecule has 1 aromatic heterocycles. The van der Waals surface area contributed by atoms with E-state index in [0.29, 0.717) is 12.4 Å². The average Bonchev–Trinajstić information content (AvgIpc) is 2.61. The molecule has 0 aliphatic carbocycles. The van der Waals surface area contributed by atoms with Crippen LogP contribution in [0.15, 0.2) is 54.6 Å². The highest BCUT2D eigenvalue weighted by Gasteiger charge is 2.13. The van der Waals surface area contributed by atoms with Crippen LogP contribution in [0.4, 0.5) is 4.39 Å². The third kappa shape index (κ3) is 3.53. The average molecular weight is 326 g/mol. The number of nitrogens with one attached hydrogen (secondary N) is 1. The first-order chi connectivity index (χ1) is 11.7. The predicted octanol–water partition coefficient (Wildman–Crippen LogP) is 3.21. The molecule has 1 heterocycles. The van der Waals surface area contributed by atoms with Crippen LogP contribution in [0.5, 0.6) is 5.88 Å². The summed E-state index contributed by atoms with van der Waals surface area (Å²) in [5, 5.41) is 14.3. The maximum absolute atomic E-state index is 13.7. The van der Waals surface area contributed by atoms with Gasteiger partial charge in [0, 0.05) is 29.6 Å². The molecule has 0 spiro atoms. The van der Waals surface area contributed by atoms with Crippen LogP contribution in [0.1, 0.15) is 17.2 Å². The lowest BCUT2D eigenvalue weighted by Gasteiger charge is -2.14. The summed E-state index contributed by atoms with van der Waals surface area (Å²) in [5.74, 6) is 0.137. The van der Waals surface area contributed by atoms with Crippen molar-refractivity contribution in [2.75, 3.05) is 13.7 Å². The molecule has 1 atom stereocenters. The molecular weight excluding hydrogens is 307 g/mol. The molecule has 0 fully saturated rings. The van der Waals surface area contributed by atoms with Crippen LogP contribution in [0.25, 0.3) is 10.9 Å². The Morgan fingerprint density at radius 2 is 1.92 bits per heavy atom. The topological polar surface area (TPSA) is 54.4 Å². The lowest BCUT2D eigenvalue weighted by molar-refractivity contribution is 0.169. The number of para-hydroxylation sites is 1. The molecule has 0 aliphatic rings. The van der Waals surface area contributed by atoms with Crippen LogP contribution in [-0.2, 0) is 6.54 Å². The van der Waals surface area contributed by atoms with Crippen molar-refractivity contribution in [3.63, 3.8) is 0 Å². The van der Waals surface area contributed by atoms with E-state index in [-0.39, 0.29) is 12.1 Å². The van der Waals surface area contributed by atoms with Gasteiger partial charge in [0.2, 0.25) is 5.88 Å². The zero-order valence-electron chi connectivity index (χ0n) is 13.4. The number of aromatic nitrogens is 1. The molecule has 0 aliphatic heterocycles. The molecule has 5 heteroatoms. The molecule has 2 N–H and O–H groups in total. The molecule has 0 amide bonds. The molecule has 0 bridgehead atoms. The van der Waals surface area contributed by atoms with Gasteiger partial charge >= 0.3 is 0 Å². The normalized spacial score (nSPS) is 12.3. The number of pyridine rings is 1. The molecule has 2 aromatic carbocycles. The number of hydrogen-bond donors (Lipinski definition) is 2. The Kier molecular flexibility index (Phi) is 5.03. The fourth-order valence-corrected chi connectivity index (χ4v) is 2.64. The van der Waals surface area contributed by atoms with Crippen LogP contribution in [0.3, 0.4) is 0 Å². The first kappa shape index (κ1) is 16.4. The largest absolute Gasteiger partial charge is 0.481 e. The summed E-state index contributed by atoms with van der Waals surface area (Å²) in [7, 11) is 1.58. The first-order valence-corrected chi connectivity index (χ1v) is 7.75. The third-order valence-corrected chi connectivity index (χ3v) is 3.87. The smallest absolute Gasteiger partial charge is 0.218 e. The minimum Gasteiger partial charge on any atom is -0.481 e. The molecular formula is C19H19FN2O2. The Hall–Kier alpha value is -2.50. The van der Waals surface area contributed by atoms with Crippen molar-refractivity contribution >= 4 is 10.9 Å². The summed E-state index contributed by atoms with van der Waals surface area (Å²) in [6.07, 6.45) is -0.911. The summed E-state index contributed by atoms with van der Waals surface area (Å²) in [4.78, 5) is 4.48. The Morgan fingerprint density at radius 3 is 2.71 bits per heavy atom.